The molecule has 0 aromatic heterocycles. The molecule has 0 saturated carbocycles. The lowest BCUT2D eigenvalue weighted by atomic mass is 10.2. The Balaban J connectivity index is 2.40. The number of aliphatic hydroxyl groups excluding tert-OH is 1. The number of hydrogen-bond acceptors (Lipinski definition) is 4. The molecule has 1 N–H and O–H groups in total. The Hall–Kier alpha value is -1.57. The smallest absolute Gasteiger partial charge is 0.120 e. The third-order valence-corrected chi connectivity index (χ3v) is 2.94. The molecule has 0 amide bonds. The highest BCUT2D eigenvalue weighted by Crippen LogP contribution is 2.12. The first-order valence-electron chi connectivity index (χ1n) is 6.65. The van der Waals surface area contributed by atoms with E-state index < -0.39 is 0 Å². The van der Waals surface area contributed by atoms with Crippen LogP contribution in [-0.2, 0) is 0 Å². The molecule has 1 rings (SSSR count). The van der Waals surface area contributed by atoms with Crippen molar-refractivity contribution in [2.75, 3.05) is 26.3 Å². The van der Waals surface area contributed by atoms with Crippen LogP contribution in [0.1, 0.15) is 25.8 Å². The summed E-state index contributed by atoms with van der Waals surface area (Å²) in [4.78, 5) is 2.27. The number of rotatable bonds is 8. The SMILES string of the molecule is CC(C)N(CCCO)CCOc1cccc(C#N)c1. The van der Waals surface area contributed by atoms with E-state index in [1.807, 2.05) is 12.1 Å². The summed E-state index contributed by atoms with van der Waals surface area (Å²) in [5.41, 5.74) is 0.610. The van der Waals surface area contributed by atoms with Crippen LogP contribution in [0.4, 0.5) is 0 Å². The number of benzene rings is 1. The fraction of sp³-hybridized carbons (Fsp3) is 0.533. The summed E-state index contributed by atoms with van der Waals surface area (Å²) in [6.07, 6.45) is 0.780. The van der Waals surface area contributed by atoms with E-state index in [-0.39, 0.29) is 6.61 Å². The van der Waals surface area contributed by atoms with Gasteiger partial charge >= 0.3 is 0 Å². The number of hydrogen-bond donors (Lipinski definition) is 1. The number of ether oxygens (including phenoxy) is 1. The third-order valence-electron chi connectivity index (χ3n) is 2.94. The average Bonchev–Trinajstić information content (AvgIpc) is 2.42. The Bertz CT molecular complexity index is 413. The minimum atomic E-state index is 0.217. The van der Waals surface area contributed by atoms with Gasteiger partial charge < -0.3 is 9.84 Å². The van der Waals surface area contributed by atoms with Crippen LogP contribution in [-0.4, -0.2) is 42.4 Å². The van der Waals surface area contributed by atoms with E-state index in [1.165, 1.54) is 0 Å². The van der Waals surface area contributed by atoms with E-state index in [0.29, 0.717) is 18.2 Å². The van der Waals surface area contributed by atoms with Crippen LogP contribution in [0.15, 0.2) is 24.3 Å². The zero-order valence-electron chi connectivity index (χ0n) is 11.7. The predicted molar refractivity (Wildman–Crippen MR) is 75.1 cm³/mol. The lowest BCUT2D eigenvalue weighted by Crippen LogP contribution is -2.35. The van der Waals surface area contributed by atoms with E-state index in [4.69, 9.17) is 15.1 Å². The molecule has 0 unspecified atom stereocenters. The van der Waals surface area contributed by atoms with Gasteiger partial charge in [0.15, 0.2) is 0 Å². The van der Waals surface area contributed by atoms with Crippen LogP contribution in [0.3, 0.4) is 0 Å². The van der Waals surface area contributed by atoms with Gasteiger partial charge in [-0.1, -0.05) is 6.07 Å². The summed E-state index contributed by atoms with van der Waals surface area (Å²) in [7, 11) is 0. The largest absolute Gasteiger partial charge is 0.492 e. The molecule has 0 bridgehead atoms. The molecule has 0 saturated heterocycles. The Morgan fingerprint density at radius 1 is 1.37 bits per heavy atom. The van der Waals surface area contributed by atoms with Gasteiger partial charge in [-0.2, -0.15) is 5.26 Å². The maximum absolute atomic E-state index is 8.87. The van der Waals surface area contributed by atoms with Gasteiger partial charge in [-0.05, 0) is 38.5 Å². The first kappa shape index (κ1) is 15.5. The van der Waals surface area contributed by atoms with Crippen LogP contribution >= 0.6 is 0 Å². The quantitative estimate of drug-likeness (QED) is 0.779. The van der Waals surface area contributed by atoms with Crippen molar-refractivity contribution < 1.29 is 9.84 Å². The van der Waals surface area contributed by atoms with Crippen molar-refractivity contribution in [1.82, 2.24) is 4.90 Å². The molecule has 0 heterocycles. The highest BCUT2D eigenvalue weighted by molar-refractivity contribution is 5.36. The molecule has 0 atom stereocenters. The zero-order chi connectivity index (χ0) is 14.1. The van der Waals surface area contributed by atoms with Crippen molar-refractivity contribution in [2.45, 2.75) is 26.3 Å². The Labute approximate surface area is 115 Å². The Morgan fingerprint density at radius 3 is 2.79 bits per heavy atom. The van der Waals surface area contributed by atoms with Gasteiger partial charge in [0.05, 0.1) is 11.6 Å². The lowest BCUT2D eigenvalue weighted by Gasteiger charge is -2.26. The molecule has 104 valence electrons. The second kappa shape index (κ2) is 8.52. The van der Waals surface area contributed by atoms with E-state index in [2.05, 4.69) is 24.8 Å². The van der Waals surface area contributed by atoms with Gasteiger partial charge in [0, 0.05) is 25.7 Å². The minimum Gasteiger partial charge on any atom is -0.492 e. The van der Waals surface area contributed by atoms with Gasteiger partial charge in [-0.3, -0.25) is 4.90 Å². The molecule has 1 aromatic rings. The van der Waals surface area contributed by atoms with Gasteiger partial charge in [-0.25, -0.2) is 0 Å². The normalized spacial score (nSPS) is 10.7. The molecule has 0 spiro atoms. The Morgan fingerprint density at radius 2 is 2.16 bits per heavy atom. The van der Waals surface area contributed by atoms with Crippen molar-refractivity contribution in [3.05, 3.63) is 29.8 Å². The van der Waals surface area contributed by atoms with Gasteiger partial charge in [0.25, 0.3) is 0 Å². The molecule has 0 aliphatic rings. The van der Waals surface area contributed by atoms with Gasteiger partial charge in [-0.15, -0.1) is 0 Å². The van der Waals surface area contributed by atoms with Crippen molar-refractivity contribution >= 4 is 0 Å². The van der Waals surface area contributed by atoms with Gasteiger partial charge in [0.2, 0.25) is 0 Å². The molecule has 0 fully saturated rings. The zero-order valence-corrected chi connectivity index (χ0v) is 11.7. The lowest BCUT2D eigenvalue weighted by molar-refractivity contribution is 0.160. The first-order chi connectivity index (χ1) is 9.17. The molecule has 0 aliphatic heterocycles. The maximum atomic E-state index is 8.87. The summed E-state index contributed by atoms with van der Waals surface area (Å²) in [6, 6.07) is 9.70. The van der Waals surface area contributed by atoms with E-state index in [9.17, 15) is 0 Å². The van der Waals surface area contributed by atoms with Crippen molar-refractivity contribution in [1.29, 1.82) is 5.26 Å². The summed E-state index contributed by atoms with van der Waals surface area (Å²) in [5.74, 6) is 0.727. The molecular formula is C15H22N2O2. The fourth-order valence-corrected chi connectivity index (χ4v) is 1.84. The fourth-order valence-electron chi connectivity index (χ4n) is 1.84. The molecule has 19 heavy (non-hydrogen) atoms. The van der Waals surface area contributed by atoms with E-state index >= 15 is 0 Å². The number of aliphatic hydroxyl groups is 1. The predicted octanol–water partition coefficient (Wildman–Crippen LogP) is 2.03. The highest BCUT2D eigenvalue weighted by Gasteiger charge is 2.08. The molecule has 4 nitrogen and oxygen atoms in total. The standard InChI is InChI=1S/C15H22N2O2/c1-13(2)17(7-4-9-18)8-10-19-15-6-3-5-14(11-15)12-16/h3,5-6,11,13,18H,4,7-10H2,1-2H3. The van der Waals surface area contributed by atoms with E-state index in [1.54, 1.807) is 12.1 Å². The van der Waals surface area contributed by atoms with Crippen molar-refractivity contribution in [2.24, 2.45) is 0 Å². The number of nitriles is 1. The van der Waals surface area contributed by atoms with Crippen LogP contribution in [0, 0.1) is 11.3 Å². The first-order valence-corrected chi connectivity index (χ1v) is 6.65. The molecule has 0 aliphatic carbocycles. The van der Waals surface area contributed by atoms with Crippen molar-refractivity contribution in [3.8, 4) is 11.8 Å². The second-order valence-electron chi connectivity index (χ2n) is 4.69. The molecule has 4 heteroatoms. The summed E-state index contributed by atoms with van der Waals surface area (Å²) in [5, 5.41) is 17.7. The Kier molecular flexibility index (Phi) is 6.94. The van der Waals surface area contributed by atoms with Gasteiger partial charge in [0.1, 0.15) is 12.4 Å². The highest BCUT2D eigenvalue weighted by atomic mass is 16.5. The third kappa shape index (κ3) is 5.73. The molecule has 1 aromatic carbocycles. The topological polar surface area (TPSA) is 56.5 Å². The minimum absolute atomic E-state index is 0.217. The van der Waals surface area contributed by atoms with Crippen LogP contribution in [0.2, 0.25) is 0 Å². The summed E-state index contributed by atoms with van der Waals surface area (Å²) in [6.45, 7) is 6.75. The molecular weight excluding hydrogens is 240 g/mol. The summed E-state index contributed by atoms with van der Waals surface area (Å²) >= 11 is 0. The van der Waals surface area contributed by atoms with Crippen molar-refractivity contribution in [3.63, 3.8) is 0 Å². The van der Waals surface area contributed by atoms with Crippen LogP contribution < -0.4 is 4.74 Å². The number of nitrogens with zero attached hydrogens (tertiary/aromatic N) is 2. The second-order valence-corrected chi connectivity index (χ2v) is 4.69. The maximum Gasteiger partial charge on any atom is 0.120 e. The van der Waals surface area contributed by atoms with E-state index in [0.717, 1.165) is 25.3 Å². The van der Waals surface area contributed by atoms with Crippen LogP contribution in [0.5, 0.6) is 5.75 Å². The van der Waals surface area contributed by atoms with Crippen LogP contribution in [0.25, 0.3) is 0 Å². The molecule has 0 radical (unpaired) electrons. The average molecular weight is 262 g/mol. The monoisotopic (exact) mass is 262 g/mol. The summed E-state index contributed by atoms with van der Waals surface area (Å²) < 4.78 is 5.65.